The summed E-state index contributed by atoms with van der Waals surface area (Å²) in [5.41, 5.74) is 0. The summed E-state index contributed by atoms with van der Waals surface area (Å²) in [6.07, 6.45) is -1.02. The zero-order valence-corrected chi connectivity index (χ0v) is 10.8. The van der Waals surface area contributed by atoms with Crippen molar-refractivity contribution in [3.8, 4) is 0 Å². The first-order valence-electron chi connectivity index (χ1n) is 4.33. The average Bonchev–Trinajstić information content (AvgIpc) is 2.65. The van der Waals surface area contributed by atoms with Crippen molar-refractivity contribution in [2.45, 2.75) is 6.10 Å². The number of ether oxygens (including phenoxy) is 1. The number of rotatable bonds is 5. The standard InChI is InChI=1S/C9H10BrNO4S/c1-15-5(9(13)14)4-11-8(12)6-2-3-7(10)16-6/h2-3,5H,4H2,1H3,(H,11,12)(H,13,14). The Morgan fingerprint density at radius 3 is 2.75 bits per heavy atom. The van der Waals surface area contributed by atoms with Crippen LogP contribution in [-0.4, -0.2) is 36.7 Å². The number of nitrogens with one attached hydrogen (secondary N) is 1. The first kappa shape index (κ1) is 13.1. The molecule has 0 aromatic carbocycles. The fourth-order valence-corrected chi connectivity index (χ4v) is 2.28. The number of halogens is 1. The van der Waals surface area contributed by atoms with Gasteiger partial charge in [-0.3, -0.25) is 4.79 Å². The maximum Gasteiger partial charge on any atom is 0.334 e. The molecule has 1 aromatic rings. The van der Waals surface area contributed by atoms with Crippen molar-refractivity contribution in [1.82, 2.24) is 5.32 Å². The van der Waals surface area contributed by atoms with E-state index in [1.807, 2.05) is 0 Å². The van der Waals surface area contributed by atoms with E-state index in [0.29, 0.717) is 4.88 Å². The number of methoxy groups -OCH3 is 1. The van der Waals surface area contributed by atoms with Crippen LogP contribution in [-0.2, 0) is 9.53 Å². The third-order valence-electron chi connectivity index (χ3n) is 1.80. The molecule has 1 rings (SSSR count). The third kappa shape index (κ3) is 3.58. The molecule has 1 aromatic heterocycles. The van der Waals surface area contributed by atoms with E-state index in [-0.39, 0.29) is 12.5 Å². The largest absolute Gasteiger partial charge is 0.479 e. The molecule has 1 heterocycles. The summed E-state index contributed by atoms with van der Waals surface area (Å²) in [5, 5.41) is 11.2. The van der Waals surface area contributed by atoms with E-state index in [9.17, 15) is 9.59 Å². The predicted octanol–water partition coefficient (Wildman–Crippen LogP) is 1.34. The van der Waals surface area contributed by atoms with Gasteiger partial charge in [-0.2, -0.15) is 0 Å². The fourth-order valence-electron chi connectivity index (χ4n) is 0.980. The lowest BCUT2D eigenvalue weighted by Gasteiger charge is -2.10. The van der Waals surface area contributed by atoms with E-state index in [1.54, 1.807) is 12.1 Å². The maximum absolute atomic E-state index is 11.5. The van der Waals surface area contributed by atoms with Crippen LogP contribution in [0.5, 0.6) is 0 Å². The molecule has 0 aliphatic carbocycles. The summed E-state index contributed by atoms with van der Waals surface area (Å²) in [6, 6.07) is 3.41. The zero-order chi connectivity index (χ0) is 12.1. The molecule has 0 bridgehead atoms. The molecule has 0 aliphatic heterocycles. The molecule has 1 unspecified atom stereocenters. The van der Waals surface area contributed by atoms with Crippen molar-refractivity contribution >= 4 is 39.1 Å². The minimum atomic E-state index is -1.10. The van der Waals surface area contributed by atoms with Gasteiger partial charge in [0.1, 0.15) is 0 Å². The van der Waals surface area contributed by atoms with Gasteiger partial charge < -0.3 is 15.2 Å². The Labute approximate surface area is 105 Å². The zero-order valence-electron chi connectivity index (χ0n) is 8.40. The number of amides is 1. The Balaban J connectivity index is 2.49. The van der Waals surface area contributed by atoms with Gasteiger partial charge in [0.25, 0.3) is 5.91 Å². The van der Waals surface area contributed by atoms with Crippen LogP contribution in [0.25, 0.3) is 0 Å². The monoisotopic (exact) mass is 307 g/mol. The first-order chi connectivity index (χ1) is 7.54. The molecule has 1 atom stereocenters. The number of hydrogen-bond donors (Lipinski definition) is 2. The van der Waals surface area contributed by atoms with Crippen molar-refractivity contribution < 1.29 is 19.4 Å². The van der Waals surface area contributed by atoms with Crippen molar-refractivity contribution in [1.29, 1.82) is 0 Å². The van der Waals surface area contributed by atoms with Crippen LogP contribution in [0.1, 0.15) is 9.67 Å². The van der Waals surface area contributed by atoms with Gasteiger partial charge in [0.15, 0.2) is 6.10 Å². The molecule has 0 saturated heterocycles. The Morgan fingerprint density at radius 1 is 1.62 bits per heavy atom. The second-order valence-corrected chi connectivity index (χ2v) is 5.34. The van der Waals surface area contributed by atoms with Gasteiger partial charge in [0.05, 0.1) is 15.2 Å². The lowest BCUT2D eigenvalue weighted by Crippen LogP contribution is -2.37. The predicted molar refractivity (Wildman–Crippen MR) is 62.8 cm³/mol. The lowest BCUT2D eigenvalue weighted by molar-refractivity contribution is -0.147. The van der Waals surface area contributed by atoms with E-state index >= 15 is 0 Å². The van der Waals surface area contributed by atoms with Crippen molar-refractivity contribution in [3.63, 3.8) is 0 Å². The molecule has 1 amide bonds. The summed E-state index contributed by atoms with van der Waals surface area (Å²) < 4.78 is 5.53. The van der Waals surface area contributed by atoms with E-state index in [0.717, 1.165) is 3.79 Å². The normalized spacial score (nSPS) is 12.1. The smallest absolute Gasteiger partial charge is 0.334 e. The van der Waals surface area contributed by atoms with Crippen LogP contribution < -0.4 is 5.32 Å². The van der Waals surface area contributed by atoms with E-state index < -0.39 is 12.1 Å². The number of thiophene rings is 1. The third-order valence-corrected chi connectivity index (χ3v) is 3.43. The number of aliphatic carboxylic acids is 1. The minimum Gasteiger partial charge on any atom is -0.479 e. The topological polar surface area (TPSA) is 75.6 Å². The van der Waals surface area contributed by atoms with Crippen LogP contribution in [0, 0.1) is 0 Å². The van der Waals surface area contributed by atoms with Crippen LogP contribution in [0.15, 0.2) is 15.9 Å². The molecule has 88 valence electrons. The SMILES string of the molecule is COC(CNC(=O)c1ccc(Br)s1)C(=O)O. The summed E-state index contributed by atoms with van der Waals surface area (Å²) in [4.78, 5) is 22.7. The van der Waals surface area contributed by atoms with Gasteiger partial charge in [-0.25, -0.2) is 4.79 Å². The van der Waals surface area contributed by atoms with Crippen molar-refractivity contribution in [2.75, 3.05) is 13.7 Å². The van der Waals surface area contributed by atoms with Crippen molar-refractivity contribution in [3.05, 3.63) is 20.8 Å². The molecule has 0 saturated carbocycles. The van der Waals surface area contributed by atoms with E-state index in [1.165, 1.54) is 18.4 Å². The van der Waals surface area contributed by atoms with Gasteiger partial charge in [-0.15, -0.1) is 11.3 Å². The highest BCUT2D eigenvalue weighted by Gasteiger charge is 2.18. The fraction of sp³-hybridized carbons (Fsp3) is 0.333. The second-order valence-electron chi connectivity index (χ2n) is 2.88. The summed E-state index contributed by atoms with van der Waals surface area (Å²) in [5.74, 6) is -1.41. The van der Waals surface area contributed by atoms with Gasteiger partial charge >= 0.3 is 5.97 Å². The van der Waals surface area contributed by atoms with E-state index in [4.69, 9.17) is 5.11 Å². The summed E-state index contributed by atoms with van der Waals surface area (Å²) in [6.45, 7) is -0.0554. The van der Waals surface area contributed by atoms with Crippen molar-refractivity contribution in [2.24, 2.45) is 0 Å². The molecular weight excluding hydrogens is 298 g/mol. The first-order valence-corrected chi connectivity index (χ1v) is 5.94. The molecule has 2 N–H and O–H groups in total. The van der Waals surface area contributed by atoms with Crippen LogP contribution >= 0.6 is 27.3 Å². The second kappa shape index (κ2) is 5.97. The Morgan fingerprint density at radius 2 is 2.31 bits per heavy atom. The Hall–Kier alpha value is -0.920. The molecule has 0 fully saturated rings. The maximum atomic E-state index is 11.5. The Kier molecular flexibility index (Phi) is 4.91. The minimum absolute atomic E-state index is 0.0554. The quantitative estimate of drug-likeness (QED) is 0.861. The molecule has 0 spiro atoms. The van der Waals surface area contributed by atoms with Gasteiger partial charge in [0.2, 0.25) is 0 Å². The highest BCUT2D eigenvalue weighted by Crippen LogP contribution is 2.21. The average molecular weight is 308 g/mol. The molecule has 0 radical (unpaired) electrons. The van der Waals surface area contributed by atoms with Crippen LogP contribution in [0.4, 0.5) is 0 Å². The number of carboxylic acids is 1. The Bertz CT molecular complexity index is 393. The number of carbonyl (C=O) groups excluding carboxylic acids is 1. The molecular formula is C9H10BrNO4S. The van der Waals surface area contributed by atoms with Gasteiger partial charge in [-0.05, 0) is 28.1 Å². The van der Waals surface area contributed by atoms with Crippen LogP contribution in [0.3, 0.4) is 0 Å². The van der Waals surface area contributed by atoms with Gasteiger partial charge in [-0.1, -0.05) is 0 Å². The molecule has 0 aliphatic rings. The summed E-state index contributed by atoms with van der Waals surface area (Å²) >= 11 is 4.52. The number of carboxylic acid groups (broad SMARTS) is 1. The lowest BCUT2D eigenvalue weighted by atomic mass is 10.3. The van der Waals surface area contributed by atoms with E-state index in [2.05, 4.69) is 26.0 Å². The molecule has 16 heavy (non-hydrogen) atoms. The van der Waals surface area contributed by atoms with Crippen LogP contribution in [0.2, 0.25) is 0 Å². The summed E-state index contributed by atoms with van der Waals surface area (Å²) in [7, 11) is 1.28. The molecule has 7 heteroatoms. The highest BCUT2D eigenvalue weighted by molar-refractivity contribution is 9.11. The van der Waals surface area contributed by atoms with Gasteiger partial charge in [0, 0.05) is 7.11 Å². The number of hydrogen-bond acceptors (Lipinski definition) is 4. The highest BCUT2D eigenvalue weighted by atomic mass is 79.9. The molecule has 5 nitrogen and oxygen atoms in total. The number of carbonyl (C=O) groups is 2.